The molecule has 9 nitrogen and oxygen atoms in total. The van der Waals surface area contributed by atoms with E-state index in [9.17, 15) is 9.90 Å². The van der Waals surface area contributed by atoms with Crippen LogP contribution >= 0.6 is 11.8 Å². The molecule has 6 rings (SSSR count). The lowest BCUT2D eigenvalue weighted by molar-refractivity contribution is -0.268. The molecule has 1 aromatic heterocycles. The van der Waals surface area contributed by atoms with E-state index in [4.69, 9.17) is 9.47 Å². The van der Waals surface area contributed by atoms with Crippen molar-refractivity contribution >= 4 is 23.4 Å². The standard InChI is InChI=1S/C33H31N5O4S/c1-22-29(21-43-33-35-36-37-38(33)28-13-6-3-7-14-28)41-32(42-30(22)24-17-15-23(20-39)16-18-24)26-11-8-12-27(19-26)34-31(40)25-9-4-2-5-10-25/h2-19,22,29-30,32,39H,20-21H2,1H3,(H,34,40)/t22-,29+,30+,32+/m1/s1. The van der Waals surface area contributed by atoms with E-state index in [1.807, 2.05) is 97.1 Å². The molecule has 4 aromatic carbocycles. The van der Waals surface area contributed by atoms with Crippen LogP contribution in [0.5, 0.6) is 0 Å². The number of anilines is 1. The Labute approximate surface area is 253 Å². The zero-order chi connectivity index (χ0) is 29.6. The molecule has 5 aromatic rings. The van der Waals surface area contributed by atoms with Gasteiger partial charge in [-0.1, -0.05) is 91.5 Å². The van der Waals surface area contributed by atoms with E-state index < -0.39 is 6.29 Å². The van der Waals surface area contributed by atoms with Gasteiger partial charge in [-0.3, -0.25) is 4.79 Å². The van der Waals surface area contributed by atoms with E-state index in [1.54, 1.807) is 16.8 Å². The summed E-state index contributed by atoms with van der Waals surface area (Å²) in [6.07, 6.45) is -1.16. The van der Waals surface area contributed by atoms with Crippen molar-refractivity contribution in [2.75, 3.05) is 11.1 Å². The number of aromatic nitrogens is 4. The Morgan fingerprint density at radius 1 is 0.907 bits per heavy atom. The van der Waals surface area contributed by atoms with Crippen molar-refractivity contribution in [3.8, 4) is 5.69 Å². The Balaban J connectivity index is 1.25. The first-order chi connectivity index (χ1) is 21.1. The smallest absolute Gasteiger partial charge is 0.255 e. The fourth-order valence-electron chi connectivity index (χ4n) is 5.02. The number of amides is 1. The molecule has 43 heavy (non-hydrogen) atoms. The van der Waals surface area contributed by atoms with Crippen molar-refractivity contribution in [1.82, 2.24) is 20.2 Å². The van der Waals surface area contributed by atoms with Crippen LogP contribution in [0.3, 0.4) is 0 Å². The van der Waals surface area contributed by atoms with Crippen LogP contribution in [0.25, 0.3) is 5.69 Å². The first kappa shape index (κ1) is 28.8. The molecule has 1 amide bonds. The van der Waals surface area contributed by atoms with E-state index in [2.05, 4.69) is 27.8 Å². The van der Waals surface area contributed by atoms with Gasteiger partial charge in [-0.15, -0.1) is 5.10 Å². The maximum atomic E-state index is 12.8. The fourth-order valence-corrected chi connectivity index (χ4v) is 6.08. The predicted octanol–water partition coefficient (Wildman–Crippen LogP) is 5.99. The molecule has 0 bridgehead atoms. The van der Waals surface area contributed by atoms with Gasteiger partial charge in [0.1, 0.15) is 0 Å². The summed E-state index contributed by atoms with van der Waals surface area (Å²) in [6, 6.07) is 34.2. The molecule has 1 fully saturated rings. The molecule has 2 N–H and O–H groups in total. The molecule has 0 radical (unpaired) electrons. The van der Waals surface area contributed by atoms with E-state index in [-0.39, 0.29) is 30.6 Å². The van der Waals surface area contributed by atoms with Crippen LogP contribution in [0.1, 0.15) is 46.4 Å². The third-order valence-corrected chi connectivity index (χ3v) is 8.40. The number of tetrazole rings is 1. The second-order valence-corrected chi connectivity index (χ2v) is 11.3. The van der Waals surface area contributed by atoms with Gasteiger partial charge >= 0.3 is 0 Å². The summed E-state index contributed by atoms with van der Waals surface area (Å²) in [7, 11) is 0. The highest BCUT2D eigenvalue weighted by Crippen LogP contribution is 2.43. The zero-order valence-electron chi connectivity index (χ0n) is 23.5. The fraction of sp³-hybridized carbons (Fsp3) is 0.212. The summed E-state index contributed by atoms with van der Waals surface area (Å²) < 4.78 is 14.9. The Bertz CT molecular complexity index is 1650. The molecule has 218 valence electrons. The van der Waals surface area contributed by atoms with Crippen LogP contribution in [-0.4, -0.2) is 43.1 Å². The van der Waals surface area contributed by atoms with Crippen LogP contribution in [0.2, 0.25) is 0 Å². The van der Waals surface area contributed by atoms with Crippen LogP contribution in [-0.2, 0) is 16.1 Å². The summed E-state index contributed by atoms with van der Waals surface area (Å²) in [4.78, 5) is 12.8. The molecular formula is C33H31N5O4S. The maximum Gasteiger partial charge on any atom is 0.255 e. The molecule has 0 aliphatic carbocycles. The van der Waals surface area contributed by atoms with Crippen molar-refractivity contribution < 1.29 is 19.4 Å². The molecule has 1 saturated heterocycles. The number of aliphatic hydroxyl groups is 1. The Morgan fingerprint density at radius 3 is 2.40 bits per heavy atom. The lowest BCUT2D eigenvalue weighted by atomic mass is 9.91. The number of thioether (sulfide) groups is 1. The first-order valence-electron chi connectivity index (χ1n) is 14.0. The molecular weight excluding hydrogens is 562 g/mol. The van der Waals surface area contributed by atoms with E-state index in [1.165, 1.54) is 11.8 Å². The van der Waals surface area contributed by atoms with Gasteiger partial charge in [0.25, 0.3) is 5.91 Å². The number of rotatable bonds is 9. The summed E-state index contributed by atoms with van der Waals surface area (Å²) in [5.74, 6) is 0.388. The average Bonchev–Trinajstić information content (AvgIpc) is 3.54. The number of aliphatic hydroxyl groups excluding tert-OH is 1. The molecule has 1 aliphatic rings. The van der Waals surface area contributed by atoms with Crippen molar-refractivity contribution in [3.05, 3.63) is 131 Å². The highest BCUT2D eigenvalue weighted by Gasteiger charge is 2.38. The van der Waals surface area contributed by atoms with Crippen molar-refractivity contribution in [2.24, 2.45) is 5.92 Å². The van der Waals surface area contributed by atoms with Crippen LogP contribution in [0, 0.1) is 5.92 Å². The number of nitrogens with one attached hydrogen (secondary N) is 1. The van der Waals surface area contributed by atoms with E-state index >= 15 is 0 Å². The second-order valence-electron chi connectivity index (χ2n) is 10.3. The number of carbonyl (C=O) groups is 1. The number of hydrogen-bond donors (Lipinski definition) is 2. The van der Waals surface area contributed by atoms with Crippen LogP contribution < -0.4 is 5.32 Å². The summed E-state index contributed by atoms with van der Waals surface area (Å²) >= 11 is 1.52. The monoisotopic (exact) mass is 593 g/mol. The third kappa shape index (κ3) is 6.68. The molecule has 1 aliphatic heterocycles. The van der Waals surface area contributed by atoms with Crippen molar-refractivity contribution in [3.63, 3.8) is 0 Å². The second kappa shape index (κ2) is 13.3. The number of hydrogen-bond acceptors (Lipinski definition) is 8. The highest BCUT2D eigenvalue weighted by molar-refractivity contribution is 7.99. The van der Waals surface area contributed by atoms with Gasteiger partial charge in [0, 0.05) is 28.5 Å². The Hall–Kier alpha value is -4.35. The minimum Gasteiger partial charge on any atom is -0.392 e. The minimum atomic E-state index is -0.678. The molecule has 0 spiro atoms. The molecule has 4 atom stereocenters. The van der Waals surface area contributed by atoms with Crippen molar-refractivity contribution in [1.29, 1.82) is 0 Å². The van der Waals surface area contributed by atoms with Gasteiger partial charge < -0.3 is 19.9 Å². The Kier molecular flexibility index (Phi) is 8.90. The normalized spacial score (nSPS) is 20.0. The van der Waals surface area contributed by atoms with Crippen molar-refractivity contribution in [2.45, 2.75) is 37.2 Å². The molecule has 2 heterocycles. The number of nitrogens with zero attached hydrogens (tertiary/aromatic N) is 4. The van der Waals surface area contributed by atoms with Gasteiger partial charge in [-0.2, -0.15) is 4.68 Å². The maximum absolute atomic E-state index is 12.8. The minimum absolute atomic E-state index is 0.00857. The number of carbonyl (C=O) groups excluding carboxylic acids is 1. The molecule has 10 heteroatoms. The summed E-state index contributed by atoms with van der Waals surface area (Å²) in [5.41, 5.74) is 4.73. The number of ether oxygens (including phenoxy) is 2. The molecule has 0 saturated carbocycles. The van der Waals surface area contributed by atoms with E-state index in [0.29, 0.717) is 22.2 Å². The van der Waals surface area contributed by atoms with Gasteiger partial charge in [0.05, 0.1) is 24.5 Å². The highest BCUT2D eigenvalue weighted by atomic mass is 32.2. The summed E-state index contributed by atoms with van der Waals surface area (Å²) in [6.45, 7) is 2.09. The van der Waals surface area contributed by atoms with Crippen LogP contribution in [0.4, 0.5) is 5.69 Å². The zero-order valence-corrected chi connectivity index (χ0v) is 24.3. The summed E-state index contributed by atoms with van der Waals surface area (Å²) in [5, 5.41) is 25.5. The van der Waals surface area contributed by atoms with Gasteiger partial charge in [-0.25, -0.2) is 0 Å². The third-order valence-electron chi connectivity index (χ3n) is 7.39. The average molecular weight is 594 g/mol. The number of para-hydroxylation sites is 1. The number of benzene rings is 4. The van der Waals surface area contributed by atoms with Gasteiger partial charge in [0.15, 0.2) is 6.29 Å². The molecule has 0 unspecified atom stereocenters. The van der Waals surface area contributed by atoms with E-state index in [0.717, 1.165) is 22.4 Å². The lowest BCUT2D eigenvalue weighted by Crippen LogP contribution is -2.38. The predicted molar refractivity (Wildman–Crippen MR) is 164 cm³/mol. The quantitative estimate of drug-likeness (QED) is 0.201. The topological polar surface area (TPSA) is 111 Å². The largest absolute Gasteiger partial charge is 0.392 e. The lowest BCUT2D eigenvalue weighted by Gasteiger charge is -2.41. The SMILES string of the molecule is C[C@@H]1[C@H](CSc2nnnn2-c2ccccc2)O[C@H](c2cccc(NC(=O)c3ccccc3)c2)O[C@@H]1c1ccc(CO)cc1. The van der Waals surface area contributed by atoms with Crippen LogP contribution in [0.15, 0.2) is 114 Å². The first-order valence-corrected chi connectivity index (χ1v) is 15.0. The van der Waals surface area contributed by atoms with Gasteiger partial charge in [-0.05, 0) is 58.0 Å². The van der Waals surface area contributed by atoms with Gasteiger partial charge in [0.2, 0.25) is 5.16 Å². The Morgan fingerprint density at radius 2 is 1.65 bits per heavy atom.